The molecule has 9 nitrogen and oxygen atoms in total. The minimum atomic E-state index is -0.476. The fraction of sp³-hybridized carbons (Fsp3) is 0.533. The van der Waals surface area contributed by atoms with Gasteiger partial charge >= 0.3 is 5.69 Å². The molecule has 0 aliphatic heterocycles. The van der Waals surface area contributed by atoms with Gasteiger partial charge in [0.15, 0.2) is 0 Å². The molecule has 0 saturated heterocycles. The molecule has 0 bridgehead atoms. The van der Waals surface area contributed by atoms with Crippen LogP contribution in [0.5, 0.6) is 0 Å². The van der Waals surface area contributed by atoms with Gasteiger partial charge in [-0.1, -0.05) is 0 Å². The van der Waals surface area contributed by atoms with Crippen molar-refractivity contribution >= 4 is 27.5 Å². The average molecular weight is 413 g/mol. The molecule has 1 amide bonds. The molecule has 0 fully saturated rings. The lowest BCUT2D eigenvalue weighted by Gasteiger charge is -2.07. The van der Waals surface area contributed by atoms with E-state index in [2.05, 4.69) is 31.4 Å². The van der Waals surface area contributed by atoms with Gasteiger partial charge in [0, 0.05) is 31.7 Å². The van der Waals surface area contributed by atoms with Crippen molar-refractivity contribution in [3.63, 3.8) is 0 Å². The van der Waals surface area contributed by atoms with E-state index >= 15 is 0 Å². The Labute approximate surface area is 153 Å². The van der Waals surface area contributed by atoms with Crippen LogP contribution in [0.3, 0.4) is 0 Å². The largest absolute Gasteiger partial charge is 0.356 e. The van der Waals surface area contributed by atoms with Crippen molar-refractivity contribution in [1.82, 2.24) is 24.9 Å². The third kappa shape index (κ3) is 4.88. The summed E-state index contributed by atoms with van der Waals surface area (Å²) in [5.41, 5.74) is 2.34. The first-order chi connectivity index (χ1) is 11.8. The number of aryl methyl sites for hydroxylation is 4. The summed E-state index contributed by atoms with van der Waals surface area (Å²) in [4.78, 5) is 22.2. The number of aromatic nitrogens is 4. The van der Waals surface area contributed by atoms with Crippen LogP contribution in [0.15, 0.2) is 10.7 Å². The van der Waals surface area contributed by atoms with Crippen molar-refractivity contribution in [1.29, 1.82) is 0 Å². The lowest BCUT2D eigenvalue weighted by Crippen LogP contribution is -2.26. The first kappa shape index (κ1) is 19.1. The van der Waals surface area contributed by atoms with Gasteiger partial charge in [0.25, 0.3) is 0 Å². The second-order valence-electron chi connectivity index (χ2n) is 5.78. The van der Waals surface area contributed by atoms with Gasteiger partial charge in [0.2, 0.25) is 5.91 Å². The van der Waals surface area contributed by atoms with Crippen LogP contribution >= 0.6 is 15.9 Å². The molecule has 0 unspecified atom stereocenters. The van der Waals surface area contributed by atoms with Gasteiger partial charge in [-0.25, -0.2) is 0 Å². The third-order valence-corrected chi connectivity index (χ3v) is 4.99. The first-order valence-electron chi connectivity index (χ1n) is 7.94. The third-order valence-electron chi connectivity index (χ3n) is 3.85. The summed E-state index contributed by atoms with van der Waals surface area (Å²) in [6.07, 6.45) is 2.35. The summed E-state index contributed by atoms with van der Waals surface area (Å²) in [5.74, 6) is -0.106. The molecule has 2 heterocycles. The Morgan fingerprint density at radius 2 is 2.00 bits per heavy atom. The van der Waals surface area contributed by atoms with E-state index in [9.17, 15) is 14.9 Å². The normalized spacial score (nSPS) is 10.9. The first-order valence-corrected chi connectivity index (χ1v) is 8.73. The van der Waals surface area contributed by atoms with Crippen LogP contribution in [0.1, 0.15) is 29.9 Å². The van der Waals surface area contributed by atoms with Gasteiger partial charge < -0.3 is 5.32 Å². The van der Waals surface area contributed by atoms with Gasteiger partial charge in [-0.2, -0.15) is 10.2 Å². The second kappa shape index (κ2) is 8.24. The van der Waals surface area contributed by atoms with Gasteiger partial charge in [-0.3, -0.25) is 24.3 Å². The number of amides is 1. The quantitative estimate of drug-likeness (QED) is 0.406. The minimum Gasteiger partial charge on any atom is -0.356 e. The highest BCUT2D eigenvalue weighted by molar-refractivity contribution is 9.10. The Morgan fingerprint density at radius 1 is 1.28 bits per heavy atom. The van der Waals surface area contributed by atoms with E-state index < -0.39 is 4.92 Å². The number of nitro groups is 1. The summed E-state index contributed by atoms with van der Waals surface area (Å²) in [6, 6.07) is 0. The summed E-state index contributed by atoms with van der Waals surface area (Å²) in [5, 5.41) is 22.1. The highest BCUT2D eigenvalue weighted by Gasteiger charge is 2.15. The van der Waals surface area contributed by atoms with Crippen molar-refractivity contribution in [3.8, 4) is 0 Å². The molecule has 0 aliphatic rings. The van der Waals surface area contributed by atoms with Crippen LogP contribution in [0, 0.1) is 30.9 Å². The average Bonchev–Trinajstić information content (AvgIpc) is 3.05. The fourth-order valence-corrected chi connectivity index (χ4v) is 2.74. The molecule has 25 heavy (non-hydrogen) atoms. The Kier molecular flexibility index (Phi) is 6.29. The van der Waals surface area contributed by atoms with E-state index in [1.807, 2.05) is 18.5 Å². The smallest absolute Gasteiger partial charge is 0.309 e. The molecule has 2 aromatic rings. The Bertz CT molecular complexity index is 783. The SMILES string of the molecule is Cc1nn(CCC(=O)NCCCn2nc(C)c(Br)c2C)cc1[N+](=O)[O-]. The van der Waals surface area contributed by atoms with E-state index in [-0.39, 0.29) is 18.0 Å². The zero-order valence-electron chi connectivity index (χ0n) is 14.5. The topological polar surface area (TPSA) is 108 Å². The molecule has 0 saturated carbocycles. The molecule has 0 spiro atoms. The number of nitrogens with zero attached hydrogens (tertiary/aromatic N) is 5. The molecule has 2 aromatic heterocycles. The molecule has 136 valence electrons. The van der Waals surface area contributed by atoms with Gasteiger partial charge in [-0.15, -0.1) is 0 Å². The molecule has 0 atom stereocenters. The number of hydrogen-bond acceptors (Lipinski definition) is 5. The fourth-order valence-electron chi connectivity index (χ4n) is 2.46. The van der Waals surface area contributed by atoms with Gasteiger partial charge in [0.1, 0.15) is 11.9 Å². The van der Waals surface area contributed by atoms with Crippen LogP contribution in [-0.2, 0) is 17.9 Å². The summed E-state index contributed by atoms with van der Waals surface area (Å²) in [7, 11) is 0. The van der Waals surface area contributed by atoms with Crippen LogP contribution in [-0.4, -0.2) is 36.9 Å². The van der Waals surface area contributed by atoms with Crippen LogP contribution in [0.25, 0.3) is 0 Å². The summed E-state index contributed by atoms with van der Waals surface area (Å²) >= 11 is 3.49. The Hall–Kier alpha value is -2.23. The van der Waals surface area contributed by atoms with Crippen LogP contribution in [0.4, 0.5) is 5.69 Å². The molecule has 0 radical (unpaired) electrons. The highest BCUT2D eigenvalue weighted by Crippen LogP contribution is 2.19. The maximum atomic E-state index is 11.9. The van der Waals surface area contributed by atoms with Crippen molar-refractivity contribution in [2.24, 2.45) is 0 Å². The Morgan fingerprint density at radius 3 is 2.56 bits per heavy atom. The van der Waals surface area contributed by atoms with E-state index in [4.69, 9.17) is 0 Å². The zero-order chi connectivity index (χ0) is 18.6. The predicted molar refractivity (Wildman–Crippen MR) is 95.3 cm³/mol. The lowest BCUT2D eigenvalue weighted by atomic mass is 10.3. The van der Waals surface area contributed by atoms with E-state index in [1.165, 1.54) is 10.9 Å². The summed E-state index contributed by atoms with van der Waals surface area (Å²) in [6.45, 7) is 7.10. The number of carbonyl (C=O) groups is 1. The van der Waals surface area contributed by atoms with Crippen LogP contribution in [0.2, 0.25) is 0 Å². The van der Waals surface area contributed by atoms with Gasteiger partial charge in [-0.05, 0) is 43.1 Å². The minimum absolute atomic E-state index is 0.0311. The highest BCUT2D eigenvalue weighted by atomic mass is 79.9. The predicted octanol–water partition coefficient (Wildman–Crippen LogP) is 2.27. The molecular weight excluding hydrogens is 392 g/mol. The molecule has 2 rings (SSSR count). The van der Waals surface area contributed by atoms with Crippen molar-refractivity contribution in [3.05, 3.63) is 37.9 Å². The standard InChI is InChI=1S/C15H21BrN6O3/c1-10-13(22(24)25)9-20(18-10)8-5-14(23)17-6-4-7-21-12(3)15(16)11(2)19-21/h9H,4-8H2,1-3H3,(H,17,23). The van der Waals surface area contributed by atoms with Crippen molar-refractivity contribution in [2.75, 3.05) is 6.54 Å². The number of rotatable bonds is 8. The summed E-state index contributed by atoms with van der Waals surface area (Å²) < 4.78 is 4.36. The molecule has 0 aromatic carbocycles. The molecule has 1 N–H and O–H groups in total. The number of halogens is 1. The maximum absolute atomic E-state index is 11.9. The van der Waals surface area contributed by atoms with E-state index in [0.717, 1.165) is 28.8 Å². The molecule has 0 aliphatic carbocycles. The van der Waals surface area contributed by atoms with E-state index in [0.29, 0.717) is 18.8 Å². The number of hydrogen-bond donors (Lipinski definition) is 1. The number of carbonyl (C=O) groups excluding carboxylic acids is 1. The number of nitrogens with one attached hydrogen (secondary N) is 1. The van der Waals surface area contributed by atoms with Crippen molar-refractivity contribution in [2.45, 2.75) is 46.7 Å². The lowest BCUT2D eigenvalue weighted by molar-refractivity contribution is -0.385. The van der Waals surface area contributed by atoms with Gasteiger partial charge in [0.05, 0.1) is 15.1 Å². The van der Waals surface area contributed by atoms with E-state index in [1.54, 1.807) is 6.92 Å². The molecular formula is C15H21BrN6O3. The van der Waals surface area contributed by atoms with Crippen LogP contribution < -0.4 is 5.32 Å². The Balaban J connectivity index is 1.71. The monoisotopic (exact) mass is 412 g/mol. The van der Waals surface area contributed by atoms with Crippen molar-refractivity contribution < 1.29 is 9.72 Å². The second-order valence-corrected chi connectivity index (χ2v) is 6.57. The molecule has 10 heteroatoms. The maximum Gasteiger partial charge on any atom is 0.309 e. The zero-order valence-corrected chi connectivity index (χ0v) is 16.0.